The zero-order chi connectivity index (χ0) is 22.2. The van der Waals surface area contributed by atoms with Crippen LogP contribution in [-0.4, -0.2) is 25.8 Å². The van der Waals surface area contributed by atoms with E-state index in [0.717, 1.165) is 55.8 Å². The molecule has 0 atom stereocenters. The maximum absolute atomic E-state index is 10.9. The van der Waals surface area contributed by atoms with Gasteiger partial charge in [0.05, 0.1) is 19.8 Å². The van der Waals surface area contributed by atoms with E-state index in [1.807, 2.05) is 24.3 Å². The highest BCUT2D eigenvalue weighted by atomic mass is 16.5. The number of esters is 1. The second-order valence-electron chi connectivity index (χ2n) is 7.59. The van der Waals surface area contributed by atoms with Gasteiger partial charge in [0.15, 0.2) is 0 Å². The first-order valence-corrected chi connectivity index (χ1v) is 11.5. The Hall–Kier alpha value is -2.75. The lowest BCUT2D eigenvalue weighted by atomic mass is 10.1. The lowest BCUT2D eigenvalue weighted by Gasteiger charge is -2.09. The van der Waals surface area contributed by atoms with Gasteiger partial charge in [-0.15, -0.1) is 0 Å². The van der Waals surface area contributed by atoms with Crippen molar-refractivity contribution in [1.29, 1.82) is 0 Å². The van der Waals surface area contributed by atoms with Gasteiger partial charge in [-0.1, -0.05) is 57.0 Å². The van der Waals surface area contributed by atoms with Crippen LogP contribution in [-0.2, 0) is 9.53 Å². The molecule has 0 aromatic heterocycles. The number of carbonyl (C=O) groups excluding carboxylic acids is 1. The minimum Gasteiger partial charge on any atom is -0.494 e. The second-order valence-corrected chi connectivity index (χ2v) is 7.59. The fourth-order valence-corrected chi connectivity index (χ4v) is 3.19. The largest absolute Gasteiger partial charge is 0.494 e. The zero-order valence-electron chi connectivity index (χ0n) is 18.8. The summed E-state index contributed by atoms with van der Waals surface area (Å²) >= 11 is 0. The maximum atomic E-state index is 10.9. The summed E-state index contributed by atoms with van der Waals surface area (Å²) in [5.41, 5.74) is 2.33. The van der Waals surface area contributed by atoms with Gasteiger partial charge >= 0.3 is 5.97 Å². The number of hydrogen-bond donors (Lipinski definition) is 0. The predicted octanol–water partition coefficient (Wildman–Crippen LogP) is 6.98. The fraction of sp³-hybridized carbons (Fsp3) is 0.444. The van der Waals surface area contributed by atoms with Gasteiger partial charge in [0.1, 0.15) is 11.5 Å². The molecule has 0 saturated heterocycles. The number of carbonyl (C=O) groups is 1. The third-order valence-electron chi connectivity index (χ3n) is 5.03. The van der Waals surface area contributed by atoms with Crippen LogP contribution in [0.5, 0.6) is 11.5 Å². The zero-order valence-corrected chi connectivity index (χ0v) is 18.8. The number of rotatable bonds is 16. The Morgan fingerprint density at radius 2 is 1.16 bits per heavy atom. The molecule has 0 amide bonds. The molecule has 168 valence electrons. The molecule has 0 radical (unpaired) electrons. The summed E-state index contributed by atoms with van der Waals surface area (Å²) < 4.78 is 16.6. The summed E-state index contributed by atoms with van der Waals surface area (Å²) in [7, 11) is 0. The van der Waals surface area contributed by atoms with Crippen LogP contribution in [0.3, 0.4) is 0 Å². The second kappa shape index (κ2) is 15.1. The first kappa shape index (κ1) is 24.5. The lowest BCUT2D eigenvalue weighted by Crippen LogP contribution is -2.02. The van der Waals surface area contributed by atoms with Gasteiger partial charge in [-0.3, -0.25) is 0 Å². The molecule has 0 heterocycles. The molecule has 0 aliphatic heterocycles. The SMILES string of the molecule is C=CC(=O)OCCCCCCOc1ccc(-c2ccc(OCCCCCC)cc2)cc1. The van der Waals surface area contributed by atoms with Crippen molar-refractivity contribution < 1.29 is 19.0 Å². The van der Waals surface area contributed by atoms with Crippen LogP contribution >= 0.6 is 0 Å². The number of hydrogen-bond acceptors (Lipinski definition) is 4. The average molecular weight is 425 g/mol. The van der Waals surface area contributed by atoms with Crippen molar-refractivity contribution in [3.8, 4) is 22.6 Å². The smallest absolute Gasteiger partial charge is 0.330 e. The van der Waals surface area contributed by atoms with Gasteiger partial charge in [-0.05, 0) is 67.5 Å². The van der Waals surface area contributed by atoms with E-state index >= 15 is 0 Å². The molecule has 0 unspecified atom stereocenters. The van der Waals surface area contributed by atoms with Crippen molar-refractivity contribution >= 4 is 5.97 Å². The molecular formula is C27H36O4. The van der Waals surface area contributed by atoms with E-state index in [4.69, 9.17) is 14.2 Å². The first-order valence-electron chi connectivity index (χ1n) is 11.5. The Morgan fingerprint density at radius 1 is 0.710 bits per heavy atom. The fourth-order valence-electron chi connectivity index (χ4n) is 3.19. The van der Waals surface area contributed by atoms with Crippen LogP contribution in [0.25, 0.3) is 11.1 Å². The molecule has 31 heavy (non-hydrogen) atoms. The Bertz CT molecular complexity index is 750. The van der Waals surface area contributed by atoms with Crippen LogP contribution in [0.2, 0.25) is 0 Å². The van der Waals surface area contributed by atoms with Crippen molar-refractivity contribution in [1.82, 2.24) is 0 Å². The van der Waals surface area contributed by atoms with Crippen molar-refractivity contribution in [2.75, 3.05) is 19.8 Å². The third kappa shape index (κ3) is 10.2. The van der Waals surface area contributed by atoms with E-state index in [9.17, 15) is 4.79 Å². The number of ether oxygens (including phenoxy) is 3. The molecule has 4 heteroatoms. The van der Waals surface area contributed by atoms with Gasteiger partial charge in [-0.2, -0.15) is 0 Å². The minimum atomic E-state index is -0.353. The quantitative estimate of drug-likeness (QED) is 0.166. The van der Waals surface area contributed by atoms with Crippen LogP contribution in [0.4, 0.5) is 0 Å². The Labute approximate surface area is 187 Å². The predicted molar refractivity (Wildman–Crippen MR) is 127 cm³/mol. The van der Waals surface area contributed by atoms with Crippen molar-refractivity contribution in [2.24, 2.45) is 0 Å². The molecule has 0 fully saturated rings. The van der Waals surface area contributed by atoms with Gasteiger partial charge in [0, 0.05) is 6.08 Å². The van der Waals surface area contributed by atoms with Crippen LogP contribution in [0.15, 0.2) is 61.2 Å². The molecule has 2 rings (SSSR count). The van der Waals surface area contributed by atoms with E-state index in [-0.39, 0.29) is 5.97 Å². The molecule has 0 saturated carbocycles. The molecule has 0 spiro atoms. The topological polar surface area (TPSA) is 44.8 Å². The summed E-state index contributed by atoms with van der Waals surface area (Å²) in [6, 6.07) is 16.5. The highest BCUT2D eigenvalue weighted by molar-refractivity contribution is 5.81. The van der Waals surface area contributed by atoms with E-state index in [2.05, 4.69) is 37.8 Å². The van der Waals surface area contributed by atoms with Gasteiger partial charge < -0.3 is 14.2 Å². The molecule has 2 aromatic rings. The maximum Gasteiger partial charge on any atom is 0.330 e. The molecule has 2 aromatic carbocycles. The summed E-state index contributed by atoms with van der Waals surface area (Å²) in [5, 5.41) is 0. The highest BCUT2D eigenvalue weighted by Crippen LogP contribution is 2.25. The van der Waals surface area contributed by atoms with Crippen molar-refractivity contribution in [3.63, 3.8) is 0 Å². The summed E-state index contributed by atoms with van der Waals surface area (Å²) in [4.78, 5) is 10.9. The Kier molecular flexibility index (Phi) is 12.0. The molecule has 0 bridgehead atoms. The minimum absolute atomic E-state index is 0.353. The average Bonchev–Trinajstić information content (AvgIpc) is 2.81. The Morgan fingerprint density at radius 3 is 1.61 bits per heavy atom. The third-order valence-corrected chi connectivity index (χ3v) is 5.03. The van der Waals surface area contributed by atoms with E-state index in [1.54, 1.807) is 0 Å². The Balaban J connectivity index is 1.63. The summed E-state index contributed by atoms with van der Waals surface area (Å²) in [6.45, 7) is 7.53. The van der Waals surface area contributed by atoms with E-state index in [1.165, 1.54) is 30.9 Å². The molecular weight excluding hydrogens is 388 g/mol. The van der Waals surface area contributed by atoms with Crippen molar-refractivity contribution in [3.05, 3.63) is 61.2 Å². The van der Waals surface area contributed by atoms with Crippen LogP contribution in [0, 0.1) is 0 Å². The van der Waals surface area contributed by atoms with E-state index in [0.29, 0.717) is 13.2 Å². The number of unbranched alkanes of at least 4 members (excludes halogenated alkanes) is 6. The monoisotopic (exact) mass is 424 g/mol. The standard InChI is InChI=1S/C27H36O4/c1-3-5-6-9-20-29-25-16-12-23(13-17-25)24-14-18-26(19-15-24)30-21-10-7-8-11-22-31-27(28)4-2/h4,12-19H,2-3,5-11,20-22H2,1H3. The van der Waals surface area contributed by atoms with Crippen molar-refractivity contribution in [2.45, 2.75) is 58.3 Å². The highest BCUT2D eigenvalue weighted by Gasteiger charge is 2.01. The van der Waals surface area contributed by atoms with Gasteiger partial charge in [0.2, 0.25) is 0 Å². The lowest BCUT2D eigenvalue weighted by molar-refractivity contribution is -0.137. The van der Waals surface area contributed by atoms with E-state index < -0.39 is 0 Å². The first-order chi connectivity index (χ1) is 15.2. The van der Waals surface area contributed by atoms with Gasteiger partial charge in [-0.25, -0.2) is 4.79 Å². The van der Waals surface area contributed by atoms with Crippen LogP contribution in [0.1, 0.15) is 58.3 Å². The van der Waals surface area contributed by atoms with Crippen LogP contribution < -0.4 is 9.47 Å². The normalized spacial score (nSPS) is 10.5. The molecule has 0 aliphatic carbocycles. The molecule has 0 aliphatic rings. The van der Waals surface area contributed by atoms with Gasteiger partial charge in [0.25, 0.3) is 0 Å². The summed E-state index contributed by atoms with van der Waals surface area (Å²) in [5.74, 6) is 1.46. The molecule has 0 N–H and O–H groups in total. The summed E-state index contributed by atoms with van der Waals surface area (Å²) in [6.07, 6.45) is 9.99. The molecule has 4 nitrogen and oxygen atoms in total. The number of benzene rings is 2.